The number of aromatic nitrogens is 1. The summed E-state index contributed by atoms with van der Waals surface area (Å²) in [7, 11) is 0. The normalized spacial score (nSPS) is 15.5. The molecule has 1 aromatic heterocycles. The number of nitrogens with zero attached hydrogens (tertiary/aromatic N) is 2. The molecule has 35 heavy (non-hydrogen) atoms. The summed E-state index contributed by atoms with van der Waals surface area (Å²) in [5, 5.41) is 7.14. The van der Waals surface area contributed by atoms with Crippen LogP contribution in [0.5, 0.6) is 5.75 Å². The Morgan fingerprint density at radius 1 is 1.03 bits per heavy atom. The molecule has 0 saturated carbocycles. The van der Waals surface area contributed by atoms with Gasteiger partial charge in [-0.2, -0.15) is 0 Å². The van der Waals surface area contributed by atoms with Crippen LogP contribution in [0.1, 0.15) is 67.2 Å². The van der Waals surface area contributed by atoms with Gasteiger partial charge >= 0.3 is 0 Å². The summed E-state index contributed by atoms with van der Waals surface area (Å²) in [6.45, 7) is 9.65. The molecule has 0 aliphatic carbocycles. The van der Waals surface area contributed by atoms with Crippen molar-refractivity contribution in [1.82, 2.24) is 15.4 Å². The number of likely N-dealkylation sites (tertiary alicyclic amines) is 1. The van der Waals surface area contributed by atoms with Gasteiger partial charge in [0.2, 0.25) is 0 Å². The van der Waals surface area contributed by atoms with E-state index in [9.17, 15) is 4.79 Å². The van der Waals surface area contributed by atoms with Gasteiger partial charge in [-0.15, -0.1) is 0 Å². The third kappa shape index (κ3) is 6.95. The third-order valence-electron chi connectivity index (χ3n) is 6.46. The fourth-order valence-corrected chi connectivity index (χ4v) is 4.43. The molecular weight excluding hydrogens is 438 g/mol. The Hall–Kier alpha value is -3.12. The van der Waals surface area contributed by atoms with E-state index >= 15 is 0 Å². The van der Waals surface area contributed by atoms with Gasteiger partial charge in [0.25, 0.3) is 5.91 Å². The van der Waals surface area contributed by atoms with Gasteiger partial charge in [-0.3, -0.25) is 9.69 Å². The van der Waals surface area contributed by atoms with Crippen molar-refractivity contribution in [3.05, 3.63) is 71.4 Å². The molecular formula is C29H37N3O3. The van der Waals surface area contributed by atoms with Crippen LogP contribution >= 0.6 is 0 Å². The molecule has 0 bridgehead atoms. The van der Waals surface area contributed by atoms with Gasteiger partial charge in [-0.1, -0.05) is 61.7 Å². The van der Waals surface area contributed by atoms with Crippen molar-refractivity contribution in [1.29, 1.82) is 0 Å². The highest BCUT2D eigenvalue weighted by molar-refractivity contribution is 5.93. The Bertz CT molecular complexity index is 1070. The third-order valence-corrected chi connectivity index (χ3v) is 6.46. The van der Waals surface area contributed by atoms with Gasteiger partial charge in [0.1, 0.15) is 5.75 Å². The van der Waals surface area contributed by atoms with E-state index in [4.69, 9.17) is 9.26 Å². The molecule has 1 aliphatic rings. The summed E-state index contributed by atoms with van der Waals surface area (Å²) in [5.74, 6) is 1.63. The zero-order chi connectivity index (χ0) is 24.6. The topological polar surface area (TPSA) is 67.6 Å². The lowest BCUT2D eigenvalue weighted by Crippen LogP contribution is -2.38. The first-order valence-electron chi connectivity index (χ1n) is 12.8. The summed E-state index contributed by atoms with van der Waals surface area (Å²) in [4.78, 5) is 15.5. The lowest BCUT2D eigenvalue weighted by molar-refractivity contribution is 0.0924. The predicted octanol–water partition coefficient (Wildman–Crippen LogP) is 6.03. The fourth-order valence-electron chi connectivity index (χ4n) is 4.43. The second-order valence-corrected chi connectivity index (χ2v) is 9.89. The molecule has 1 atom stereocenters. The van der Waals surface area contributed by atoms with Gasteiger partial charge in [0, 0.05) is 18.2 Å². The number of amides is 1. The minimum absolute atomic E-state index is 0.141. The summed E-state index contributed by atoms with van der Waals surface area (Å²) >= 11 is 0. The second kappa shape index (κ2) is 12.0. The Morgan fingerprint density at radius 2 is 1.71 bits per heavy atom. The molecule has 1 fully saturated rings. The highest BCUT2D eigenvalue weighted by atomic mass is 16.5. The summed E-state index contributed by atoms with van der Waals surface area (Å²) < 4.78 is 11.2. The maximum atomic E-state index is 13.0. The van der Waals surface area contributed by atoms with E-state index in [0.717, 1.165) is 24.4 Å². The number of ether oxygens (including phenoxy) is 1. The van der Waals surface area contributed by atoms with Crippen LogP contribution < -0.4 is 10.1 Å². The van der Waals surface area contributed by atoms with Crippen LogP contribution in [-0.2, 0) is 0 Å². The number of benzene rings is 2. The summed E-state index contributed by atoms with van der Waals surface area (Å²) in [6, 6.07) is 18.2. The van der Waals surface area contributed by atoms with Crippen LogP contribution in [0.2, 0.25) is 0 Å². The average molecular weight is 476 g/mol. The standard InChI is InChI=1S/C29H37N3O3/c1-21(2)20-34-25-14-12-24(13-15-25)28-18-26(31-35-28)29(33)30-19-27(23-10-8-22(3)9-11-23)32-16-6-4-5-7-17-32/h8-15,18,21,27H,4-7,16-17,19-20H2,1-3H3,(H,30,33)/t27-/m0/s1. The van der Waals surface area contributed by atoms with E-state index in [0.29, 0.717) is 30.5 Å². The fraction of sp³-hybridized carbons (Fsp3) is 0.448. The molecule has 6 nitrogen and oxygen atoms in total. The number of hydrogen-bond donors (Lipinski definition) is 1. The monoisotopic (exact) mass is 475 g/mol. The van der Waals surface area contributed by atoms with Crippen molar-refractivity contribution in [2.75, 3.05) is 26.2 Å². The molecule has 1 N–H and O–H groups in total. The van der Waals surface area contributed by atoms with Crippen LogP contribution in [-0.4, -0.2) is 42.2 Å². The van der Waals surface area contributed by atoms with E-state index in [1.54, 1.807) is 6.07 Å². The zero-order valence-electron chi connectivity index (χ0n) is 21.1. The Kier molecular flexibility index (Phi) is 8.59. The average Bonchev–Trinajstić information content (AvgIpc) is 3.21. The molecule has 1 aliphatic heterocycles. The second-order valence-electron chi connectivity index (χ2n) is 9.89. The van der Waals surface area contributed by atoms with E-state index in [1.165, 1.54) is 36.8 Å². The first kappa shape index (κ1) is 25.0. The number of hydrogen-bond acceptors (Lipinski definition) is 5. The van der Waals surface area contributed by atoms with Crippen molar-refractivity contribution in [3.63, 3.8) is 0 Å². The first-order chi connectivity index (χ1) is 17.0. The number of nitrogens with one attached hydrogen (secondary N) is 1. The van der Waals surface area contributed by atoms with Crippen molar-refractivity contribution in [2.45, 2.75) is 52.5 Å². The largest absolute Gasteiger partial charge is 0.493 e. The van der Waals surface area contributed by atoms with E-state index in [1.807, 2.05) is 24.3 Å². The molecule has 6 heteroatoms. The number of carbonyl (C=O) groups is 1. The van der Waals surface area contributed by atoms with E-state index < -0.39 is 0 Å². The Morgan fingerprint density at radius 3 is 2.37 bits per heavy atom. The predicted molar refractivity (Wildman–Crippen MR) is 139 cm³/mol. The van der Waals surface area contributed by atoms with E-state index in [-0.39, 0.29) is 11.9 Å². The molecule has 3 aromatic rings. The molecule has 186 valence electrons. The van der Waals surface area contributed by atoms with Gasteiger partial charge in [-0.05, 0) is 68.6 Å². The van der Waals surface area contributed by atoms with Crippen LogP contribution in [0, 0.1) is 12.8 Å². The highest BCUT2D eigenvalue weighted by Gasteiger charge is 2.23. The molecule has 2 heterocycles. The van der Waals surface area contributed by atoms with Crippen molar-refractivity contribution >= 4 is 5.91 Å². The molecule has 1 saturated heterocycles. The quantitative estimate of drug-likeness (QED) is 0.409. The van der Waals surface area contributed by atoms with Gasteiger partial charge in [0.15, 0.2) is 11.5 Å². The summed E-state index contributed by atoms with van der Waals surface area (Å²) in [6.07, 6.45) is 4.94. The Balaban J connectivity index is 1.41. The van der Waals surface area contributed by atoms with Gasteiger partial charge < -0.3 is 14.6 Å². The molecule has 0 unspecified atom stereocenters. The number of aryl methyl sites for hydroxylation is 1. The number of carbonyl (C=O) groups excluding carboxylic acids is 1. The van der Waals surface area contributed by atoms with Crippen molar-refractivity contribution in [2.24, 2.45) is 5.92 Å². The molecule has 0 spiro atoms. The lowest BCUT2D eigenvalue weighted by Gasteiger charge is -2.31. The minimum Gasteiger partial charge on any atom is -0.493 e. The molecule has 0 radical (unpaired) electrons. The minimum atomic E-state index is -0.219. The van der Waals surface area contributed by atoms with Crippen LogP contribution in [0.25, 0.3) is 11.3 Å². The van der Waals surface area contributed by atoms with Crippen LogP contribution in [0.4, 0.5) is 0 Å². The van der Waals surface area contributed by atoms with Crippen LogP contribution in [0.15, 0.2) is 59.1 Å². The molecule has 4 rings (SSSR count). The van der Waals surface area contributed by atoms with Crippen molar-refractivity contribution < 1.29 is 14.1 Å². The smallest absolute Gasteiger partial charge is 0.273 e. The van der Waals surface area contributed by atoms with Gasteiger partial charge in [0.05, 0.1) is 12.6 Å². The molecule has 2 aromatic carbocycles. The zero-order valence-corrected chi connectivity index (χ0v) is 21.1. The Labute approximate surface area is 208 Å². The lowest BCUT2D eigenvalue weighted by atomic mass is 10.0. The van der Waals surface area contributed by atoms with Gasteiger partial charge in [-0.25, -0.2) is 0 Å². The SMILES string of the molecule is Cc1ccc([C@H](CNC(=O)c2cc(-c3ccc(OCC(C)C)cc3)on2)N2CCCCCC2)cc1. The van der Waals surface area contributed by atoms with E-state index in [2.05, 4.69) is 60.4 Å². The maximum absolute atomic E-state index is 13.0. The number of rotatable bonds is 9. The molecule has 1 amide bonds. The summed E-state index contributed by atoms with van der Waals surface area (Å²) in [5.41, 5.74) is 3.62. The van der Waals surface area contributed by atoms with Crippen molar-refractivity contribution in [3.8, 4) is 17.1 Å². The first-order valence-corrected chi connectivity index (χ1v) is 12.8. The highest BCUT2D eigenvalue weighted by Crippen LogP contribution is 2.26. The maximum Gasteiger partial charge on any atom is 0.273 e. The van der Waals surface area contributed by atoms with Crippen LogP contribution in [0.3, 0.4) is 0 Å².